The number of nitrogens with zero attached hydrogens (tertiary/aromatic N) is 1. The van der Waals surface area contributed by atoms with Crippen molar-refractivity contribution in [2.24, 2.45) is 0 Å². The quantitative estimate of drug-likeness (QED) is 0.565. The second-order valence-corrected chi connectivity index (χ2v) is 9.43. The summed E-state index contributed by atoms with van der Waals surface area (Å²) in [6.45, 7) is 3.33. The third-order valence-corrected chi connectivity index (χ3v) is 6.51. The van der Waals surface area contributed by atoms with Gasteiger partial charge in [-0.1, -0.05) is 6.07 Å². The van der Waals surface area contributed by atoms with E-state index in [4.69, 9.17) is 13.9 Å². The lowest BCUT2D eigenvalue weighted by molar-refractivity contribution is -0.123. The standard InChI is InChI=1S/C21H25N3O8S/c1-14-11-24(12-15(2)32-14)33(28,29)18-7-3-5-16(9-18)20(26)31-13-19(25)23-21(27)22-10-17-6-4-8-30-17/h3-9,14-15H,10-13H2,1-2H3,(H2,22,23,25,27). The molecule has 0 spiro atoms. The smallest absolute Gasteiger partial charge is 0.338 e. The largest absolute Gasteiger partial charge is 0.467 e. The summed E-state index contributed by atoms with van der Waals surface area (Å²) in [6.07, 6.45) is 0.930. The Balaban J connectivity index is 1.54. The number of urea groups is 1. The zero-order valence-electron chi connectivity index (χ0n) is 18.1. The minimum absolute atomic E-state index is 0.0412. The van der Waals surface area contributed by atoms with Crippen LogP contribution in [0.25, 0.3) is 0 Å². The second-order valence-electron chi connectivity index (χ2n) is 7.49. The van der Waals surface area contributed by atoms with E-state index in [9.17, 15) is 22.8 Å². The highest BCUT2D eigenvalue weighted by atomic mass is 32.2. The molecule has 2 aromatic rings. The molecule has 0 saturated carbocycles. The van der Waals surface area contributed by atoms with E-state index in [0.29, 0.717) is 5.76 Å². The third-order valence-electron chi connectivity index (χ3n) is 4.68. The predicted octanol–water partition coefficient (Wildman–Crippen LogP) is 1.26. The fourth-order valence-electron chi connectivity index (χ4n) is 3.26. The van der Waals surface area contributed by atoms with Gasteiger partial charge in [0.15, 0.2) is 6.61 Å². The first-order chi connectivity index (χ1) is 15.6. The Kier molecular flexibility index (Phi) is 7.84. The topological polar surface area (TPSA) is 144 Å². The maximum Gasteiger partial charge on any atom is 0.338 e. The number of imide groups is 1. The van der Waals surface area contributed by atoms with Gasteiger partial charge in [0.05, 0.1) is 35.5 Å². The SMILES string of the molecule is CC1CN(S(=O)(=O)c2cccc(C(=O)OCC(=O)NC(=O)NCc3ccco3)c2)CC(C)O1. The van der Waals surface area contributed by atoms with Crippen LogP contribution in [-0.4, -0.2) is 62.5 Å². The average Bonchev–Trinajstić information content (AvgIpc) is 3.29. The molecule has 0 bridgehead atoms. The van der Waals surface area contributed by atoms with Crippen molar-refractivity contribution in [2.75, 3.05) is 19.7 Å². The maximum absolute atomic E-state index is 13.0. The lowest BCUT2D eigenvalue weighted by atomic mass is 10.2. The highest BCUT2D eigenvalue weighted by molar-refractivity contribution is 7.89. The molecule has 3 rings (SSSR count). The Labute approximate surface area is 191 Å². The molecule has 1 aliphatic rings. The van der Waals surface area contributed by atoms with Crippen LogP contribution in [0.15, 0.2) is 52.0 Å². The van der Waals surface area contributed by atoms with E-state index in [2.05, 4.69) is 5.32 Å². The fourth-order valence-corrected chi connectivity index (χ4v) is 4.90. The van der Waals surface area contributed by atoms with E-state index in [1.165, 1.54) is 34.8 Å². The number of nitrogens with one attached hydrogen (secondary N) is 2. The maximum atomic E-state index is 13.0. The van der Waals surface area contributed by atoms with E-state index in [1.807, 2.05) is 5.32 Å². The first-order valence-corrected chi connectivity index (χ1v) is 11.6. The molecular formula is C21H25N3O8S. The molecule has 12 heteroatoms. The van der Waals surface area contributed by atoms with Gasteiger partial charge in [-0.3, -0.25) is 10.1 Å². The van der Waals surface area contributed by atoms with Crippen LogP contribution < -0.4 is 10.6 Å². The van der Waals surface area contributed by atoms with Crippen molar-refractivity contribution >= 4 is 27.9 Å². The van der Waals surface area contributed by atoms with E-state index in [1.54, 1.807) is 26.0 Å². The first-order valence-electron chi connectivity index (χ1n) is 10.2. The van der Waals surface area contributed by atoms with Crippen molar-refractivity contribution in [1.29, 1.82) is 0 Å². The molecule has 2 heterocycles. The minimum atomic E-state index is -3.85. The first kappa shape index (κ1) is 24.4. The lowest BCUT2D eigenvalue weighted by Gasteiger charge is -2.34. The molecule has 2 N–H and O–H groups in total. The molecule has 11 nitrogen and oxygen atoms in total. The molecule has 0 radical (unpaired) electrons. The van der Waals surface area contributed by atoms with E-state index < -0.39 is 34.5 Å². The number of hydrogen-bond acceptors (Lipinski definition) is 8. The molecular weight excluding hydrogens is 454 g/mol. The van der Waals surface area contributed by atoms with E-state index in [0.717, 1.165) is 0 Å². The van der Waals surface area contributed by atoms with Crippen LogP contribution in [0.3, 0.4) is 0 Å². The minimum Gasteiger partial charge on any atom is -0.467 e. The highest BCUT2D eigenvalue weighted by Gasteiger charge is 2.32. The molecule has 1 fully saturated rings. The monoisotopic (exact) mass is 479 g/mol. The molecule has 3 amide bonds. The van der Waals surface area contributed by atoms with Crippen LogP contribution in [0.1, 0.15) is 30.0 Å². The summed E-state index contributed by atoms with van der Waals surface area (Å²) in [7, 11) is -3.85. The molecule has 1 aromatic heterocycles. The van der Waals surface area contributed by atoms with Crippen LogP contribution in [0, 0.1) is 0 Å². The van der Waals surface area contributed by atoms with Crippen LogP contribution >= 0.6 is 0 Å². The number of furan rings is 1. The van der Waals surface area contributed by atoms with Crippen molar-refractivity contribution in [3.05, 3.63) is 54.0 Å². The number of carbonyl (C=O) groups is 3. The van der Waals surface area contributed by atoms with Crippen molar-refractivity contribution in [2.45, 2.75) is 37.5 Å². The molecule has 1 aliphatic heterocycles. The second kappa shape index (κ2) is 10.6. The Morgan fingerprint density at radius 2 is 1.85 bits per heavy atom. The van der Waals surface area contributed by atoms with Gasteiger partial charge in [-0.05, 0) is 44.2 Å². The van der Waals surface area contributed by atoms with Crippen molar-refractivity contribution < 1.29 is 36.7 Å². The van der Waals surface area contributed by atoms with Gasteiger partial charge >= 0.3 is 12.0 Å². The van der Waals surface area contributed by atoms with Gasteiger partial charge < -0.3 is 19.2 Å². The molecule has 1 aromatic carbocycles. The highest BCUT2D eigenvalue weighted by Crippen LogP contribution is 2.22. The Morgan fingerprint density at radius 1 is 1.12 bits per heavy atom. The Hall–Kier alpha value is -3.22. The fraction of sp³-hybridized carbons (Fsp3) is 0.381. The normalized spacial score (nSPS) is 19.0. The summed E-state index contributed by atoms with van der Waals surface area (Å²) in [5, 5.41) is 4.43. The number of amides is 3. The van der Waals surface area contributed by atoms with Crippen LogP contribution in [0.4, 0.5) is 4.79 Å². The third kappa shape index (κ3) is 6.63. The zero-order valence-corrected chi connectivity index (χ0v) is 19.0. The van der Waals surface area contributed by atoms with Crippen LogP contribution in [0.2, 0.25) is 0 Å². The van der Waals surface area contributed by atoms with Crippen molar-refractivity contribution in [3.63, 3.8) is 0 Å². The van der Waals surface area contributed by atoms with Crippen LogP contribution in [0.5, 0.6) is 0 Å². The molecule has 2 unspecified atom stereocenters. The molecule has 2 atom stereocenters. The number of ether oxygens (including phenoxy) is 2. The van der Waals surface area contributed by atoms with Crippen LogP contribution in [-0.2, 0) is 30.8 Å². The molecule has 1 saturated heterocycles. The summed E-state index contributed by atoms with van der Waals surface area (Å²) in [4.78, 5) is 35.8. The van der Waals surface area contributed by atoms with Gasteiger partial charge in [0.2, 0.25) is 10.0 Å². The Bertz CT molecular complexity index is 1090. The number of carbonyl (C=O) groups excluding carboxylic acids is 3. The summed E-state index contributed by atoms with van der Waals surface area (Å²) in [5.41, 5.74) is -0.0412. The predicted molar refractivity (Wildman–Crippen MR) is 115 cm³/mol. The summed E-state index contributed by atoms with van der Waals surface area (Å²) < 4.78 is 42.8. The number of esters is 1. The van der Waals surface area contributed by atoms with Gasteiger partial charge in [0, 0.05) is 13.1 Å². The number of benzene rings is 1. The summed E-state index contributed by atoms with van der Waals surface area (Å²) >= 11 is 0. The molecule has 178 valence electrons. The number of sulfonamides is 1. The van der Waals surface area contributed by atoms with Crippen molar-refractivity contribution in [1.82, 2.24) is 14.9 Å². The van der Waals surface area contributed by atoms with E-state index >= 15 is 0 Å². The van der Waals surface area contributed by atoms with E-state index in [-0.39, 0.29) is 42.3 Å². The molecule has 33 heavy (non-hydrogen) atoms. The average molecular weight is 480 g/mol. The van der Waals surface area contributed by atoms with Gasteiger partial charge in [-0.25, -0.2) is 18.0 Å². The van der Waals surface area contributed by atoms with Crippen molar-refractivity contribution in [3.8, 4) is 0 Å². The molecule has 0 aliphatic carbocycles. The number of hydrogen-bond donors (Lipinski definition) is 2. The number of morpholine rings is 1. The number of rotatable bonds is 7. The summed E-state index contributed by atoms with van der Waals surface area (Å²) in [6, 6.07) is 7.89. The summed E-state index contributed by atoms with van der Waals surface area (Å²) in [5.74, 6) is -1.25. The lowest BCUT2D eigenvalue weighted by Crippen LogP contribution is -2.48. The zero-order chi connectivity index (χ0) is 24.0. The van der Waals surface area contributed by atoms with Gasteiger partial charge in [0.25, 0.3) is 5.91 Å². The van der Waals surface area contributed by atoms with Gasteiger partial charge in [-0.15, -0.1) is 0 Å². The van der Waals surface area contributed by atoms with Gasteiger partial charge in [0.1, 0.15) is 5.76 Å². The Morgan fingerprint density at radius 3 is 2.52 bits per heavy atom. The van der Waals surface area contributed by atoms with Gasteiger partial charge in [-0.2, -0.15) is 4.31 Å².